The quantitative estimate of drug-likeness (QED) is 0.650. The third-order valence-electron chi connectivity index (χ3n) is 3.69. The fourth-order valence-corrected chi connectivity index (χ4v) is 2.99. The Morgan fingerprint density at radius 2 is 1.92 bits per heavy atom. The van der Waals surface area contributed by atoms with Gasteiger partial charge < -0.3 is 0 Å². The summed E-state index contributed by atoms with van der Waals surface area (Å²) in [5, 5.41) is 1.92. The van der Waals surface area contributed by atoms with Crippen LogP contribution in [0.4, 0.5) is 0 Å². The molecule has 0 N–H and O–H groups in total. The van der Waals surface area contributed by atoms with Crippen LogP contribution in [0.1, 0.15) is 53.9 Å². The summed E-state index contributed by atoms with van der Waals surface area (Å²) in [6.07, 6.45) is 4.29. The second-order valence-corrected chi connectivity index (χ2v) is 7.23. The second kappa shape index (κ2) is 4.25. The molecule has 1 rings (SSSR count). The van der Waals surface area contributed by atoms with Gasteiger partial charge >= 0.3 is 0 Å². The number of hydrogen-bond acceptors (Lipinski definition) is 1. The molecule has 0 radical (unpaired) electrons. The van der Waals surface area contributed by atoms with E-state index in [1.54, 1.807) is 0 Å². The van der Waals surface area contributed by atoms with Crippen LogP contribution in [-0.4, -0.2) is 10.5 Å². The van der Waals surface area contributed by atoms with Crippen LogP contribution in [0.2, 0.25) is 0 Å². The van der Waals surface area contributed by atoms with E-state index >= 15 is 0 Å². The molecule has 0 aromatic rings. The molecule has 0 bridgehead atoms. The minimum Gasteiger partial charge on any atom is -0.155 e. The van der Waals surface area contributed by atoms with Crippen molar-refractivity contribution in [3.05, 3.63) is 0 Å². The van der Waals surface area contributed by atoms with Crippen LogP contribution in [0.15, 0.2) is 0 Å². The Kier molecular flexibility index (Phi) is 3.73. The van der Waals surface area contributed by atoms with Gasteiger partial charge in [-0.2, -0.15) is 11.8 Å². The SMILES string of the molecule is CC1CC(CCC(C)(C)C(C)C)S1. The summed E-state index contributed by atoms with van der Waals surface area (Å²) < 4.78 is 0. The van der Waals surface area contributed by atoms with E-state index in [-0.39, 0.29) is 0 Å². The predicted molar refractivity (Wildman–Crippen MR) is 63.3 cm³/mol. The highest BCUT2D eigenvalue weighted by molar-refractivity contribution is 8.01. The maximum atomic E-state index is 2.41. The summed E-state index contributed by atoms with van der Waals surface area (Å²) in [6, 6.07) is 0. The molecule has 1 heterocycles. The fourth-order valence-electron chi connectivity index (χ4n) is 1.70. The Morgan fingerprint density at radius 3 is 2.31 bits per heavy atom. The Bertz CT molecular complexity index is 155. The van der Waals surface area contributed by atoms with E-state index in [2.05, 4.69) is 46.4 Å². The first-order valence-electron chi connectivity index (χ1n) is 5.57. The van der Waals surface area contributed by atoms with E-state index in [9.17, 15) is 0 Å². The molecule has 1 saturated heterocycles. The average molecular weight is 200 g/mol. The van der Waals surface area contributed by atoms with Gasteiger partial charge in [0, 0.05) is 10.5 Å². The van der Waals surface area contributed by atoms with Gasteiger partial charge in [-0.1, -0.05) is 34.6 Å². The molecule has 0 spiro atoms. The maximum absolute atomic E-state index is 2.41. The van der Waals surface area contributed by atoms with Gasteiger partial charge in [0.25, 0.3) is 0 Å². The summed E-state index contributed by atoms with van der Waals surface area (Å²) in [6.45, 7) is 11.8. The van der Waals surface area contributed by atoms with Gasteiger partial charge in [0.2, 0.25) is 0 Å². The van der Waals surface area contributed by atoms with Crippen LogP contribution in [0.25, 0.3) is 0 Å². The van der Waals surface area contributed by atoms with Crippen LogP contribution in [0.3, 0.4) is 0 Å². The summed E-state index contributed by atoms with van der Waals surface area (Å²) in [5.74, 6) is 0.815. The zero-order valence-electron chi connectivity index (χ0n) is 9.76. The van der Waals surface area contributed by atoms with Gasteiger partial charge in [0.1, 0.15) is 0 Å². The summed E-state index contributed by atoms with van der Waals surface area (Å²) in [4.78, 5) is 0. The lowest BCUT2D eigenvalue weighted by molar-refractivity contribution is 0.221. The lowest BCUT2D eigenvalue weighted by atomic mass is 9.77. The topological polar surface area (TPSA) is 0 Å². The van der Waals surface area contributed by atoms with Crippen molar-refractivity contribution >= 4 is 11.8 Å². The zero-order chi connectivity index (χ0) is 10.1. The van der Waals surface area contributed by atoms with Gasteiger partial charge in [-0.15, -0.1) is 0 Å². The van der Waals surface area contributed by atoms with Gasteiger partial charge in [-0.3, -0.25) is 0 Å². The predicted octanol–water partition coefficient (Wildman–Crippen LogP) is 4.34. The van der Waals surface area contributed by atoms with Gasteiger partial charge in [-0.05, 0) is 30.6 Å². The highest BCUT2D eigenvalue weighted by Crippen LogP contribution is 2.42. The van der Waals surface area contributed by atoms with Crippen molar-refractivity contribution in [2.75, 3.05) is 0 Å². The van der Waals surface area contributed by atoms with Crippen molar-refractivity contribution in [1.29, 1.82) is 0 Å². The molecule has 0 aromatic heterocycles. The molecule has 78 valence electrons. The van der Waals surface area contributed by atoms with Crippen molar-refractivity contribution in [1.82, 2.24) is 0 Å². The third-order valence-corrected chi connectivity index (χ3v) is 5.16. The molecule has 0 saturated carbocycles. The van der Waals surface area contributed by atoms with Crippen molar-refractivity contribution in [3.63, 3.8) is 0 Å². The van der Waals surface area contributed by atoms with Crippen LogP contribution in [0, 0.1) is 11.3 Å². The molecule has 13 heavy (non-hydrogen) atoms. The first-order chi connectivity index (χ1) is 5.92. The minimum atomic E-state index is 0.541. The molecular weight excluding hydrogens is 176 g/mol. The summed E-state index contributed by atoms with van der Waals surface area (Å²) in [7, 11) is 0. The van der Waals surface area contributed by atoms with Crippen molar-refractivity contribution in [2.45, 2.75) is 64.4 Å². The Hall–Kier alpha value is 0.350. The summed E-state index contributed by atoms with van der Waals surface area (Å²) >= 11 is 2.18. The monoisotopic (exact) mass is 200 g/mol. The molecule has 0 amide bonds. The second-order valence-electron chi connectivity index (χ2n) is 5.49. The van der Waals surface area contributed by atoms with Gasteiger partial charge in [-0.25, -0.2) is 0 Å². The first-order valence-corrected chi connectivity index (χ1v) is 6.51. The maximum Gasteiger partial charge on any atom is 0.00603 e. The first kappa shape index (κ1) is 11.4. The van der Waals surface area contributed by atoms with E-state index in [4.69, 9.17) is 0 Å². The number of rotatable bonds is 4. The normalized spacial score (nSPS) is 29.1. The minimum absolute atomic E-state index is 0.541. The summed E-state index contributed by atoms with van der Waals surface area (Å²) in [5.41, 5.74) is 0.541. The largest absolute Gasteiger partial charge is 0.155 e. The van der Waals surface area contributed by atoms with Crippen LogP contribution in [0.5, 0.6) is 0 Å². The van der Waals surface area contributed by atoms with Crippen molar-refractivity contribution in [2.24, 2.45) is 11.3 Å². The standard InChI is InChI=1S/C12H24S/c1-9(2)12(4,5)7-6-11-8-10(3)13-11/h9-11H,6-8H2,1-5H3. The molecule has 1 heteroatoms. The van der Waals surface area contributed by atoms with Crippen LogP contribution < -0.4 is 0 Å². The molecule has 2 atom stereocenters. The van der Waals surface area contributed by atoms with E-state index in [1.807, 2.05) is 0 Å². The molecule has 0 nitrogen and oxygen atoms in total. The molecule has 1 fully saturated rings. The third kappa shape index (κ3) is 3.19. The van der Waals surface area contributed by atoms with Gasteiger partial charge in [0.05, 0.1) is 0 Å². The van der Waals surface area contributed by atoms with E-state index < -0.39 is 0 Å². The van der Waals surface area contributed by atoms with Crippen molar-refractivity contribution < 1.29 is 0 Å². The molecule has 0 aliphatic carbocycles. The molecule has 1 aliphatic rings. The molecular formula is C12H24S. The van der Waals surface area contributed by atoms with Crippen LogP contribution in [-0.2, 0) is 0 Å². The Balaban J connectivity index is 2.18. The van der Waals surface area contributed by atoms with E-state index in [0.717, 1.165) is 16.4 Å². The smallest absolute Gasteiger partial charge is 0.00603 e. The average Bonchev–Trinajstić information content (AvgIpc) is 1.95. The highest BCUT2D eigenvalue weighted by Gasteiger charge is 2.29. The highest BCUT2D eigenvalue weighted by atomic mass is 32.2. The molecule has 2 unspecified atom stereocenters. The number of thioether (sulfide) groups is 1. The zero-order valence-corrected chi connectivity index (χ0v) is 10.6. The molecule has 1 aliphatic heterocycles. The van der Waals surface area contributed by atoms with E-state index in [1.165, 1.54) is 19.3 Å². The fraction of sp³-hybridized carbons (Fsp3) is 1.00. The Morgan fingerprint density at radius 1 is 1.38 bits per heavy atom. The van der Waals surface area contributed by atoms with Crippen molar-refractivity contribution in [3.8, 4) is 0 Å². The number of hydrogen-bond donors (Lipinski definition) is 0. The van der Waals surface area contributed by atoms with Gasteiger partial charge in [0.15, 0.2) is 0 Å². The van der Waals surface area contributed by atoms with Crippen LogP contribution >= 0.6 is 11.8 Å². The Labute approximate surface area is 87.9 Å². The lowest BCUT2D eigenvalue weighted by Gasteiger charge is -2.36. The lowest BCUT2D eigenvalue weighted by Crippen LogP contribution is -2.27. The van der Waals surface area contributed by atoms with E-state index in [0.29, 0.717) is 5.41 Å². The molecule has 0 aromatic carbocycles.